The summed E-state index contributed by atoms with van der Waals surface area (Å²) in [6, 6.07) is 5.28. The molecule has 1 aromatic rings. The van der Waals surface area contributed by atoms with E-state index >= 15 is 0 Å². The second kappa shape index (κ2) is 6.53. The van der Waals surface area contributed by atoms with Crippen LogP contribution in [0.2, 0.25) is 0 Å². The van der Waals surface area contributed by atoms with Gasteiger partial charge in [0.2, 0.25) is 0 Å². The zero-order valence-corrected chi connectivity index (χ0v) is 12.9. The van der Waals surface area contributed by atoms with Crippen LogP contribution in [0.25, 0.3) is 0 Å². The molecular formula is C17H28N2. The third-order valence-corrected chi connectivity index (χ3v) is 4.63. The van der Waals surface area contributed by atoms with Crippen molar-refractivity contribution in [2.75, 3.05) is 26.7 Å². The van der Waals surface area contributed by atoms with Gasteiger partial charge < -0.3 is 10.2 Å². The predicted octanol–water partition coefficient (Wildman–Crippen LogP) is 2.84. The zero-order chi connectivity index (χ0) is 13.8. The summed E-state index contributed by atoms with van der Waals surface area (Å²) >= 11 is 0. The first kappa shape index (κ1) is 14.5. The number of hydrogen-bond donors (Lipinski definition) is 1. The van der Waals surface area contributed by atoms with Crippen molar-refractivity contribution in [2.24, 2.45) is 0 Å². The van der Waals surface area contributed by atoms with Crippen molar-refractivity contribution in [1.29, 1.82) is 0 Å². The fourth-order valence-corrected chi connectivity index (χ4v) is 2.97. The molecule has 1 atom stereocenters. The molecule has 1 N–H and O–H groups in total. The summed E-state index contributed by atoms with van der Waals surface area (Å²) in [5.74, 6) is 0. The van der Waals surface area contributed by atoms with Gasteiger partial charge in [-0.2, -0.15) is 0 Å². The summed E-state index contributed by atoms with van der Waals surface area (Å²) in [6.45, 7) is 10.2. The Morgan fingerprint density at radius 3 is 2.68 bits per heavy atom. The lowest BCUT2D eigenvalue weighted by Gasteiger charge is -2.21. The summed E-state index contributed by atoms with van der Waals surface area (Å²) < 4.78 is 0. The van der Waals surface area contributed by atoms with Crippen LogP contribution in [0.5, 0.6) is 0 Å². The second-order valence-corrected chi connectivity index (χ2v) is 6.10. The van der Waals surface area contributed by atoms with E-state index in [0.29, 0.717) is 6.04 Å². The van der Waals surface area contributed by atoms with Gasteiger partial charge in [-0.15, -0.1) is 0 Å². The van der Waals surface area contributed by atoms with Crippen molar-refractivity contribution in [3.05, 3.63) is 34.4 Å². The first-order valence-electron chi connectivity index (χ1n) is 7.55. The largest absolute Gasteiger partial charge is 0.313 e. The molecule has 1 unspecified atom stereocenters. The Labute approximate surface area is 118 Å². The quantitative estimate of drug-likeness (QED) is 0.876. The molecule has 0 saturated carbocycles. The average Bonchev–Trinajstić information content (AvgIpc) is 2.88. The first-order valence-corrected chi connectivity index (χ1v) is 7.55. The molecule has 2 nitrogen and oxygen atoms in total. The van der Waals surface area contributed by atoms with E-state index < -0.39 is 0 Å². The van der Waals surface area contributed by atoms with Crippen LogP contribution < -0.4 is 5.32 Å². The number of benzene rings is 1. The molecule has 0 amide bonds. The number of likely N-dealkylation sites (N-methyl/N-ethyl adjacent to an activating group) is 1. The molecule has 1 aliphatic rings. The van der Waals surface area contributed by atoms with Crippen LogP contribution in [-0.2, 0) is 6.42 Å². The van der Waals surface area contributed by atoms with Crippen molar-refractivity contribution < 1.29 is 0 Å². The molecule has 2 rings (SSSR count). The maximum atomic E-state index is 3.57. The highest BCUT2D eigenvalue weighted by Crippen LogP contribution is 2.17. The molecule has 0 bridgehead atoms. The van der Waals surface area contributed by atoms with Gasteiger partial charge in [0.05, 0.1) is 0 Å². The van der Waals surface area contributed by atoms with E-state index in [4.69, 9.17) is 0 Å². The minimum absolute atomic E-state index is 0.714. The predicted molar refractivity (Wildman–Crippen MR) is 82.9 cm³/mol. The van der Waals surface area contributed by atoms with Crippen LogP contribution in [0.4, 0.5) is 0 Å². The van der Waals surface area contributed by atoms with Crippen molar-refractivity contribution >= 4 is 0 Å². The average molecular weight is 260 g/mol. The number of rotatable bonds is 5. The van der Waals surface area contributed by atoms with Crippen LogP contribution in [-0.4, -0.2) is 37.6 Å². The van der Waals surface area contributed by atoms with Gasteiger partial charge in [-0.25, -0.2) is 0 Å². The molecule has 0 spiro atoms. The molecule has 19 heavy (non-hydrogen) atoms. The molecule has 1 heterocycles. The second-order valence-electron chi connectivity index (χ2n) is 6.10. The molecule has 2 heteroatoms. The Bertz CT molecular complexity index is 420. The standard InChI is InChI=1S/C17H28N2/c1-13-7-8-16(15(3)14(13)2)9-11-19(4)12-17-6-5-10-18-17/h7-8,17-18H,5-6,9-12H2,1-4H3. The maximum Gasteiger partial charge on any atom is 0.0195 e. The van der Waals surface area contributed by atoms with Gasteiger partial charge in [0.25, 0.3) is 0 Å². The lowest BCUT2D eigenvalue weighted by molar-refractivity contribution is 0.303. The van der Waals surface area contributed by atoms with Crippen molar-refractivity contribution in [2.45, 2.75) is 46.1 Å². The molecule has 1 saturated heterocycles. The van der Waals surface area contributed by atoms with Crippen molar-refractivity contribution in [3.8, 4) is 0 Å². The summed E-state index contributed by atoms with van der Waals surface area (Å²) in [4.78, 5) is 2.47. The van der Waals surface area contributed by atoms with Crippen LogP contribution in [0.1, 0.15) is 35.1 Å². The summed E-state index contributed by atoms with van der Waals surface area (Å²) in [5.41, 5.74) is 5.85. The SMILES string of the molecule is Cc1ccc(CCN(C)CC2CCCN2)c(C)c1C. The number of hydrogen-bond acceptors (Lipinski definition) is 2. The van der Waals surface area contributed by atoms with Gasteiger partial charge >= 0.3 is 0 Å². The normalized spacial score (nSPS) is 19.3. The van der Waals surface area contributed by atoms with Crippen LogP contribution in [0, 0.1) is 20.8 Å². The number of nitrogens with one attached hydrogen (secondary N) is 1. The first-order chi connectivity index (χ1) is 9.08. The van der Waals surface area contributed by atoms with Crippen LogP contribution >= 0.6 is 0 Å². The fourth-order valence-electron chi connectivity index (χ4n) is 2.97. The Hall–Kier alpha value is -0.860. The number of nitrogens with zero attached hydrogens (tertiary/aromatic N) is 1. The van der Waals surface area contributed by atoms with Gasteiger partial charge in [0.1, 0.15) is 0 Å². The molecule has 0 aromatic heterocycles. The fraction of sp³-hybridized carbons (Fsp3) is 0.647. The Kier molecular flexibility index (Phi) is 5.00. The molecule has 0 aliphatic carbocycles. The smallest absolute Gasteiger partial charge is 0.0195 e. The highest BCUT2D eigenvalue weighted by molar-refractivity contribution is 5.38. The Balaban J connectivity index is 1.86. The summed E-state index contributed by atoms with van der Waals surface area (Å²) in [7, 11) is 2.25. The molecule has 0 radical (unpaired) electrons. The molecular weight excluding hydrogens is 232 g/mol. The summed E-state index contributed by atoms with van der Waals surface area (Å²) in [5, 5.41) is 3.57. The van der Waals surface area contributed by atoms with Crippen molar-refractivity contribution in [3.63, 3.8) is 0 Å². The van der Waals surface area contributed by atoms with E-state index in [1.807, 2.05) is 0 Å². The minimum atomic E-state index is 0.714. The third-order valence-electron chi connectivity index (χ3n) is 4.63. The van der Waals surface area contributed by atoms with E-state index in [-0.39, 0.29) is 0 Å². The van der Waals surface area contributed by atoms with Gasteiger partial charge in [-0.05, 0) is 75.9 Å². The minimum Gasteiger partial charge on any atom is -0.313 e. The van der Waals surface area contributed by atoms with E-state index in [2.05, 4.69) is 50.2 Å². The highest BCUT2D eigenvalue weighted by Gasteiger charge is 2.15. The van der Waals surface area contributed by atoms with Crippen LogP contribution in [0.3, 0.4) is 0 Å². The van der Waals surface area contributed by atoms with Gasteiger partial charge in [-0.1, -0.05) is 12.1 Å². The summed E-state index contributed by atoms with van der Waals surface area (Å²) in [6.07, 6.45) is 3.85. The van der Waals surface area contributed by atoms with E-state index in [9.17, 15) is 0 Å². The lowest BCUT2D eigenvalue weighted by atomic mass is 9.97. The van der Waals surface area contributed by atoms with E-state index in [1.54, 1.807) is 0 Å². The third kappa shape index (κ3) is 3.80. The maximum absolute atomic E-state index is 3.57. The topological polar surface area (TPSA) is 15.3 Å². The van der Waals surface area contributed by atoms with Crippen molar-refractivity contribution in [1.82, 2.24) is 10.2 Å². The molecule has 1 aromatic carbocycles. The van der Waals surface area contributed by atoms with E-state index in [0.717, 1.165) is 13.0 Å². The molecule has 1 aliphatic heterocycles. The Morgan fingerprint density at radius 1 is 1.21 bits per heavy atom. The van der Waals surface area contributed by atoms with Crippen LogP contribution in [0.15, 0.2) is 12.1 Å². The van der Waals surface area contributed by atoms with Gasteiger partial charge in [0, 0.05) is 19.1 Å². The molecule has 1 fully saturated rings. The monoisotopic (exact) mass is 260 g/mol. The highest BCUT2D eigenvalue weighted by atomic mass is 15.1. The number of aryl methyl sites for hydroxylation is 1. The Morgan fingerprint density at radius 2 is 2.00 bits per heavy atom. The van der Waals surface area contributed by atoms with Gasteiger partial charge in [0.15, 0.2) is 0 Å². The molecule has 106 valence electrons. The lowest BCUT2D eigenvalue weighted by Crippen LogP contribution is -2.36. The van der Waals surface area contributed by atoms with E-state index in [1.165, 1.54) is 48.2 Å². The zero-order valence-electron chi connectivity index (χ0n) is 12.9. The van der Waals surface area contributed by atoms with Gasteiger partial charge in [-0.3, -0.25) is 0 Å².